The van der Waals surface area contributed by atoms with Crippen molar-refractivity contribution in [1.82, 2.24) is 19.9 Å². The van der Waals surface area contributed by atoms with Crippen molar-refractivity contribution in [2.75, 3.05) is 0 Å². The molecule has 3 heterocycles. The summed E-state index contributed by atoms with van der Waals surface area (Å²) in [4.78, 5) is 20.7. The number of hydrogen-bond acceptors (Lipinski definition) is 6. The Bertz CT molecular complexity index is 3980. The SMILES string of the molecule is c1ccc(-c2cccc(-c3ccc(-c4nc(-c5ccc6ccc7oc8ccc9nc(-c%10cccc%11ccccc%10%11)oc9c8c7c6c5)nc(-c5ccccc5-c5ccccc5)n4)cc3)c2)cc1. The highest BCUT2D eigenvalue weighted by molar-refractivity contribution is 6.25. The molecular weight excluding hydrogens is 809 g/mol. The van der Waals surface area contributed by atoms with Crippen LogP contribution in [0.15, 0.2) is 227 Å². The van der Waals surface area contributed by atoms with Gasteiger partial charge in [-0.3, -0.25) is 0 Å². The fourth-order valence-corrected chi connectivity index (χ4v) is 9.35. The van der Waals surface area contributed by atoms with Gasteiger partial charge in [-0.1, -0.05) is 182 Å². The lowest BCUT2D eigenvalue weighted by Gasteiger charge is -2.13. The third-order valence-corrected chi connectivity index (χ3v) is 12.6. The summed E-state index contributed by atoms with van der Waals surface area (Å²) in [6, 6.07) is 75.3. The summed E-state index contributed by atoms with van der Waals surface area (Å²) in [5.41, 5.74) is 13.3. The van der Waals surface area contributed by atoms with Gasteiger partial charge in [0, 0.05) is 27.6 Å². The van der Waals surface area contributed by atoms with Crippen LogP contribution in [0.1, 0.15) is 0 Å². The van der Waals surface area contributed by atoms with Crippen molar-refractivity contribution in [3.8, 4) is 79.0 Å². The Labute approximate surface area is 379 Å². The summed E-state index contributed by atoms with van der Waals surface area (Å²) in [5.74, 6) is 2.30. The van der Waals surface area contributed by atoms with Crippen LogP contribution in [-0.4, -0.2) is 19.9 Å². The third kappa shape index (κ3) is 6.42. The molecule has 0 fully saturated rings. The number of furan rings is 1. The molecule has 0 radical (unpaired) electrons. The highest BCUT2D eigenvalue weighted by atomic mass is 16.4. The van der Waals surface area contributed by atoms with E-state index in [1.165, 1.54) is 11.1 Å². The monoisotopic (exact) mass is 844 g/mol. The number of hydrogen-bond donors (Lipinski definition) is 0. The third-order valence-electron chi connectivity index (χ3n) is 12.6. The summed E-state index contributed by atoms with van der Waals surface area (Å²) in [7, 11) is 0. The van der Waals surface area contributed by atoms with Crippen molar-refractivity contribution in [3.63, 3.8) is 0 Å². The normalized spacial score (nSPS) is 11.6. The van der Waals surface area contributed by atoms with E-state index >= 15 is 0 Å². The molecule has 308 valence electrons. The number of rotatable bonds is 7. The molecule has 0 aliphatic carbocycles. The van der Waals surface area contributed by atoms with Crippen molar-refractivity contribution in [2.45, 2.75) is 0 Å². The minimum Gasteiger partial charge on any atom is -0.456 e. The van der Waals surface area contributed by atoms with Gasteiger partial charge >= 0.3 is 0 Å². The Hall–Kier alpha value is -9.00. The molecule has 0 N–H and O–H groups in total. The molecule has 0 aliphatic heterocycles. The Morgan fingerprint density at radius 1 is 0.288 bits per heavy atom. The second-order valence-corrected chi connectivity index (χ2v) is 16.6. The van der Waals surface area contributed by atoms with Crippen molar-refractivity contribution in [1.29, 1.82) is 0 Å². The summed E-state index contributed by atoms with van der Waals surface area (Å²) in [6.07, 6.45) is 0. The van der Waals surface area contributed by atoms with Crippen molar-refractivity contribution >= 4 is 54.6 Å². The van der Waals surface area contributed by atoms with Crippen LogP contribution in [0.3, 0.4) is 0 Å². The second-order valence-electron chi connectivity index (χ2n) is 16.6. The topological polar surface area (TPSA) is 77.8 Å². The van der Waals surface area contributed by atoms with Gasteiger partial charge in [0.05, 0.1) is 5.39 Å². The second kappa shape index (κ2) is 15.4. The molecule has 13 rings (SSSR count). The zero-order chi connectivity index (χ0) is 43.6. The zero-order valence-corrected chi connectivity index (χ0v) is 35.4. The van der Waals surface area contributed by atoms with Gasteiger partial charge in [-0.15, -0.1) is 0 Å². The van der Waals surface area contributed by atoms with Gasteiger partial charge in [-0.25, -0.2) is 19.9 Å². The van der Waals surface area contributed by atoms with Gasteiger partial charge in [-0.2, -0.15) is 0 Å². The summed E-state index contributed by atoms with van der Waals surface area (Å²) >= 11 is 0. The first kappa shape index (κ1) is 37.5. The number of aromatic nitrogens is 4. The Kier molecular flexibility index (Phi) is 8.74. The van der Waals surface area contributed by atoms with Gasteiger partial charge in [0.25, 0.3) is 0 Å². The molecule has 0 saturated carbocycles. The van der Waals surface area contributed by atoms with Gasteiger partial charge in [0.2, 0.25) is 5.89 Å². The predicted octanol–water partition coefficient (Wildman–Crippen LogP) is 15.9. The van der Waals surface area contributed by atoms with E-state index in [4.69, 9.17) is 28.8 Å². The van der Waals surface area contributed by atoms with E-state index in [9.17, 15) is 0 Å². The molecule has 0 amide bonds. The highest BCUT2D eigenvalue weighted by Crippen LogP contribution is 2.42. The number of benzene rings is 10. The van der Waals surface area contributed by atoms with E-state index in [-0.39, 0.29) is 0 Å². The fourth-order valence-electron chi connectivity index (χ4n) is 9.35. The predicted molar refractivity (Wildman–Crippen MR) is 268 cm³/mol. The van der Waals surface area contributed by atoms with E-state index in [2.05, 4.69) is 164 Å². The molecular formula is C60H36N4O2. The maximum absolute atomic E-state index is 6.74. The quantitative estimate of drug-likeness (QED) is 0.159. The maximum atomic E-state index is 6.74. The molecule has 0 aliphatic rings. The van der Waals surface area contributed by atoms with Gasteiger partial charge in [0.15, 0.2) is 23.1 Å². The summed E-state index contributed by atoms with van der Waals surface area (Å²) in [5, 5.41) is 6.09. The first-order valence-corrected chi connectivity index (χ1v) is 22.0. The number of fused-ring (bicyclic) bond motifs is 8. The molecule has 3 aromatic heterocycles. The standard InChI is InChI=1S/C60H36N4O2/c1-3-13-37(14-4-1)43-19-11-20-44(35-43)38-25-28-42(29-26-38)57-62-58(64-59(63-57)48-23-10-9-21-46(48)39-15-5-2-6-16-39)45-30-27-41-31-33-52-54(50(41)36-45)55-53(65-52)34-32-51-56(55)66-60(61-51)49-24-12-18-40-17-7-8-22-47(40)49/h1-36H. The number of nitrogens with zero attached hydrogens (tertiary/aromatic N) is 4. The minimum absolute atomic E-state index is 0.562. The Morgan fingerprint density at radius 3 is 1.65 bits per heavy atom. The fraction of sp³-hybridized carbons (Fsp3) is 0. The molecule has 0 spiro atoms. The molecule has 6 nitrogen and oxygen atoms in total. The van der Waals surface area contributed by atoms with Crippen LogP contribution in [0, 0.1) is 0 Å². The van der Waals surface area contributed by atoms with Crippen LogP contribution in [0.2, 0.25) is 0 Å². The average molecular weight is 845 g/mol. The maximum Gasteiger partial charge on any atom is 0.227 e. The van der Waals surface area contributed by atoms with Gasteiger partial charge in [-0.05, 0) is 91.3 Å². The van der Waals surface area contributed by atoms with E-state index < -0.39 is 0 Å². The van der Waals surface area contributed by atoms with Crippen LogP contribution >= 0.6 is 0 Å². The van der Waals surface area contributed by atoms with Crippen LogP contribution in [0.25, 0.3) is 134 Å². The van der Waals surface area contributed by atoms with Crippen molar-refractivity contribution in [3.05, 3.63) is 218 Å². The summed E-state index contributed by atoms with van der Waals surface area (Å²) < 4.78 is 13.3. The van der Waals surface area contributed by atoms with Gasteiger partial charge < -0.3 is 8.83 Å². The first-order chi connectivity index (χ1) is 32.7. The molecule has 0 saturated heterocycles. The minimum atomic E-state index is 0.562. The lowest BCUT2D eigenvalue weighted by atomic mass is 9.98. The molecule has 6 heteroatoms. The lowest BCUT2D eigenvalue weighted by Crippen LogP contribution is -2.01. The van der Waals surface area contributed by atoms with Gasteiger partial charge in [0.1, 0.15) is 16.7 Å². The summed E-state index contributed by atoms with van der Waals surface area (Å²) in [6.45, 7) is 0. The van der Waals surface area contributed by atoms with Crippen molar-refractivity contribution in [2.24, 2.45) is 0 Å². The molecule has 0 atom stereocenters. The average Bonchev–Trinajstić information content (AvgIpc) is 4.01. The van der Waals surface area contributed by atoms with E-state index in [0.717, 1.165) is 93.5 Å². The Morgan fingerprint density at radius 2 is 0.833 bits per heavy atom. The Balaban J connectivity index is 0.974. The lowest BCUT2D eigenvalue weighted by molar-refractivity contribution is 0.623. The van der Waals surface area contributed by atoms with Crippen molar-refractivity contribution < 1.29 is 8.83 Å². The molecule has 0 unspecified atom stereocenters. The number of oxazole rings is 1. The molecule has 66 heavy (non-hydrogen) atoms. The van der Waals surface area contributed by atoms with E-state index in [0.29, 0.717) is 28.9 Å². The highest BCUT2D eigenvalue weighted by Gasteiger charge is 2.21. The molecule has 0 bridgehead atoms. The van der Waals surface area contributed by atoms with Crippen LogP contribution in [0.5, 0.6) is 0 Å². The smallest absolute Gasteiger partial charge is 0.227 e. The van der Waals surface area contributed by atoms with E-state index in [1.807, 2.05) is 54.6 Å². The molecule has 10 aromatic carbocycles. The van der Waals surface area contributed by atoms with Crippen LogP contribution in [-0.2, 0) is 0 Å². The van der Waals surface area contributed by atoms with E-state index in [1.54, 1.807) is 0 Å². The first-order valence-electron chi connectivity index (χ1n) is 22.0. The largest absolute Gasteiger partial charge is 0.456 e. The molecule has 13 aromatic rings. The van der Waals surface area contributed by atoms with Crippen LogP contribution in [0.4, 0.5) is 0 Å². The van der Waals surface area contributed by atoms with Crippen LogP contribution < -0.4 is 0 Å². The zero-order valence-electron chi connectivity index (χ0n) is 35.4.